The van der Waals surface area contributed by atoms with Crippen LogP contribution in [0.2, 0.25) is 0 Å². The van der Waals surface area contributed by atoms with Crippen LogP contribution in [0.15, 0.2) is 0 Å². The first-order valence-electron chi connectivity index (χ1n) is 5.92. The molecule has 88 valence electrons. The van der Waals surface area contributed by atoms with Gasteiger partial charge in [0.25, 0.3) is 0 Å². The predicted molar refractivity (Wildman–Crippen MR) is 56.8 cm³/mol. The van der Waals surface area contributed by atoms with Crippen molar-refractivity contribution in [2.24, 2.45) is 0 Å². The first kappa shape index (κ1) is 11.3. The summed E-state index contributed by atoms with van der Waals surface area (Å²) in [6.45, 7) is 8.24. The smallest absolute Gasteiger partial charge is 0.170 e. The zero-order valence-electron chi connectivity index (χ0n) is 9.65. The van der Waals surface area contributed by atoms with Crippen LogP contribution in [0, 0.1) is 0 Å². The molecule has 0 aromatic carbocycles. The van der Waals surface area contributed by atoms with E-state index in [2.05, 4.69) is 4.90 Å². The quantitative estimate of drug-likeness (QED) is 0.615. The third-order valence-electron chi connectivity index (χ3n) is 3.10. The number of likely N-dealkylation sites (tertiary alicyclic amines) is 1. The van der Waals surface area contributed by atoms with Crippen LogP contribution in [0.5, 0.6) is 0 Å². The molecular formula is C11H21NO3. The van der Waals surface area contributed by atoms with E-state index in [1.165, 1.54) is 6.42 Å². The Morgan fingerprint density at radius 3 is 2.53 bits per heavy atom. The molecule has 2 atom stereocenters. The molecule has 0 spiro atoms. The van der Waals surface area contributed by atoms with Gasteiger partial charge in [-0.3, -0.25) is 4.90 Å². The van der Waals surface area contributed by atoms with Gasteiger partial charge in [0.2, 0.25) is 0 Å². The molecule has 0 aliphatic carbocycles. The highest BCUT2D eigenvalue weighted by Crippen LogP contribution is 2.27. The molecule has 0 amide bonds. The molecule has 2 fully saturated rings. The fourth-order valence-electron chi connectivity index (χ4n) is 2.42. The molecule has 2 aliphatic heterocycles. The highest BCUT2D eigenvalue weighted by molar-refractivity contribution is 4.91. The number of hydrogen-bond acceptors (Lipinski definition) is 4. The lowest BCUT2D eigenvalue weighted by molar-refractivity contribution is -0.153. The summed E-state index contributed by atoms with van der Waals surface area (Å²) in [5.41, 5.74) is 0. The Kier molecular flexibility index (Phi) is 3.97. The highest BCUT2D eigenvalue weighted by atomic mass is 16.7. The summed E-state index contributed by atoms with van der Waals surface area (Å²) >= 11 is 0. The van der Waals surface area contributed by atoms with Crippen molar-refractivity contribution in [3.05, 3.63) is 0 Å². The normalized spacial score (nSPS) is 30.6. The van der Waals surface area contributed by atoms with E-state index in [4.69, 9.17) is 14.2 Å². The highest BCUT2D eigenvalue weighted by Gasteiger charge is 2.39. The van der Waals surface area contributed by atoms with E-state index in [0.717, 1.165) is 19.7 Å². The van der Waals surface area contributed by atoms with Crippen molar-refractivity contribution in [1.82, 2.24) is 4.90 Å². The van der Waals surface area contributed by atoms with Crippen LogP contribution in [-0.2, 0) is 14.2 Å². The van der Waals surface area contributed by atoms with Crippen LogP contribution in [0.3, 0.4) is 0 Å². The fraction of sp³-hybridized carbons (Fsp3) is 1.00. The van der Waals surface area contributed by atoms with E-state index in [-0.39, 0.29) is 6.29 Å². The van der Waals surface area contributed by atoms with E-state index in [1.54, 1.807) is 0 Å². The van der Waals surface area contributed by atoms with Gasteiger partial charge < -0.3 is 14.2 Å². The van der Waals surface area contributed by atoms with Gasteiger partial charge in [-0.05, 0) is 20.3 Å². The first-order chi connectivity index (χ1) is 7.33. The summed E-state index contributed by atoms with van der Waals surface area (Å²) in [5, 5.41) is 0. The Hall–Kier alpha value is -0.160. The van der Waals surface area contributed by atoms with E-state index < -0.39 is 0 Å². The Labute approximate surface area is 91.5 Å². The third-order valence-corrected chi connectivity index (χ3v) is 3.10. The van der Waals surface area contributed by atoms with Gasteiger partial charge >= 0.3 is 0 Å². The predicted octanol–water partition coefficient (Wildman–Crippen LogP) is 0.859. The van der Waals surface area contributed by atoms with Crippen molar-refractivity contribution in [2.75, 3.05) is 32.9 Å². The number of morpholine rings is 1. The van der Waals surface area contributed by atoms with Gasteiger partial charge in [0.1, 0.15) is 0 Å². The molecule has 0 aromatic rings. The van der Waals surface area contributed by atoms with Gasteiger partial charge in [0.15, 0.2) is 6.29 Å². The van der Waals surface area contributed by atoms with E-state index in [0.29, 0.717) is 25.4 Å². The minimum absolute atomic E-state index is 0.0700. The van der Waals surface area contributed by atoms with Crippen molar-refractivity contribution in [3.63, 3.8) is 0 Å². The number of nitrogens with zero attached hydrogens (tertiary/aromatic N) is 1. The Morgan fingerprint density at radius 2 is 2.07 bits per heavy atom. The van der Waals surface area contributed by atoms with Crippen LogP contribution >= 0.6 is 0 Å². The lowest BCUT2D eigenvalue weighted by Crippen LogP contribution is -2.43. The zero-order chi connectivity index (χ0) is 10.7. The Bertz CT molecular complexity index is 194. The SMILES string of the molecule is CCOC(CN1C[C@@H]2C[C@H]1CO2)OCC. The summed E-state index contributed by atoms with van der Waals surface area (Å²) in [5.74, 6) is 0. The van der Waals surface area contributed by atoms with Crippen molar-refractivity contribution in [1.29, 1.82) is 0 Å². The summed E-state index contributed by atoms with van der Waals surface area (Å²) in [7, 11) is 0. The van der Waals surface area contributed by atoms with Gasteiger partial charge in [0.05, 0.1) is 12.7 Å². The molecule has 2 heterocycles. The molecule has 2 saturated heterocycles. The minimum Gasteiger partial charge on any atom is -0.375 e. The molecule has 0 unspecified atom stereocenters. The van der Waals surface area contributed by atoms with Gasteiger partial charge in [-0.2, -0.15) is 0 Å². The Balaban J connectivity index is 1.78. The van der Waals surface area contributed by atoms with Crippen LogP contribution in [0.1, 0.15) is 20.3 Å². The van der Waals surface area contributed by atoms with Crippen LogP contribution < -0.4 is 0 Å². The topological polar surface area (TPSA) is 30.9 Å². The maximum atomic E-state index is 5.56. The summed E-state index contributed by atoms with van der Waals surface area (Å²) in [6, 6.07) is 0.596. The fourth-order valence-corrected chi connectivity index (χ4v) is 2.42. The van der Waals surface area contributed by atoms with E-state index in [1.807, 2.05) is 13.8 Å². The molecule has 15 heavy (non-hydrogen) atoms. The molecule has 4 nitrogen and oxygen atoms in total. The molecule has 0 saturated carbocycles. The van der Waals surface area contributed by atoms with Gasteiger partial charge in [-0.1, -0.05) is 0 Å². The summed E-state index contributed by atoms with van der Waals surface area (Å²) < 4.78 is 16.7. The van der Waals surface area contributed by atoms with E-state index >= 15 is 0 Å². The van der Waals surface area contributed by atoms with Crippen molar-refractivity contribution >= 4 is 0 Å². The molecule has 0 N–H and O–H groups in total. The van der Waals surface area contributed by atoms with Crippen LogP contribution in [0.25, 0.3) is 0 Å². The summed E-state index contributed by atoms with van der Waals surface area (Å²) in [6.07, 6.45) is 1.57. The minimum atomic E-state index is -0.0700. The molecule has 0 radical (unpaired) electrons. The Morgan fingerprint density at radius 1 is 1.33 bits per heavy atom. The van der Waals surface area contributed by atoms with Gasteiger partial charge in [0, 0.05) is 32.3 Å². The van der Waals surface area contributed by atoms with Crippen molar-refractivity contribution < 1.29 is 14.2 Å². The monoisotopic (exact) mass is 215 g/mol. The standard InChI is InChI=1S/C11H21NO3/c1-3-13-11(14-4-2)7-12-6-10-5-9(12)8-15-10/h9-11H,3-8H2,1-2H3/t9-,10-/m0/s1. The molecule has 0 aromatic heterocycles. The third kappa shape index (κ3) is 2.69. The second-order valence-corrected chi connectivity index (χ2v) is 4.14. The number of rotatable bonds is 6. The molecule has 2 bridgehead atoms. The maximum absolute atomic E-state index is 5.56. The number of ether oxygens (including phenoxy) is 3. The van der Waals surface area contributed by atoms with Gasteiger partial charge in [-0.15, -0.1) is 0 Å². The largest absolute Gasteiger partial charge is 0.375 e. The van der Waals surface area contributed by atoms with Gasteiger partial charge in [-0.25, -0.2) is 0 Å². The second-order valence-electron chi connectivity index (χ2n) is 4.14. The van der Waals surface area contributed by atoms with Crippen molar-refractivity contribution in [2.45, 2.75) is 38.7 Å². The number of hydrogen-bond donors (Lipinski definition) is 0. The molecule has 2 aliphatic rings. The maximum Gasteiger partial charge on any atom is 0.170 e. The summed E-state index contributed by atoms with van der Waals surface area (Å²) in [4.78, 5) is 2.43. The van der Waals surface area contributed by atoms with E-state index in [9.17, 15) is 0 Å². The second kappa shape index (κ2) is 5.25. The average molecular weight is 215 g/mol. The number of fused-ring (bicyclic) bond motifs is 2. The first-order valence-corrected chi connectivity index (χ1v) is 5.92. The van der Waals surface area contributed by atoms with Crippen LogP contribution in [0.4, 0.5) is 0 Å². The average Bonchev–Trinajstić information content (AvgIpc) is 2.80. The molecular weight excluding hydrogens is 194 g/mol. The molecule has 4 heteroatoms. The zero-order valence-corrected chi connectivity index (χ0v) is 9.65. The van der Waals surface area contributed by atoms with Crippen LogP contribution in [-0.4, -0.2) is 56.2 Å². The lowest BCUT2D eigenvalue weighted by atomic mass is 10.2. The lowest BCUT2D eigenvalue weighted by Gasteiger charge is -2.30. The molecule has 2 rings (SSSR count). The van der Waals surface area contributed by atoms with Crippen molar-refractivity contribution in [3.8, 4) is 0 Å².